The maximum atomic E-state index is 13.1. The minimum Gasteiger partial charge on any atom is -0.495 e. The molecule has 0 aliphatic heterocycles. The van der Waals surface area contributed by atoms with Crippen molar-refractivity contribution in [1.82, 2.24) is 4.72 Å². The predicted molar refractivity (Wildman–Crippen MR) is 140 cm³/mol. The lowest BCUT2D eigenvalue weighted by Gasteiger charge is -2.15. The lowest BCUT2D eigenvalue weighted by atomic mass is 10.1. The summed E-state index contributed by atoms with van der Waals surface area (Å²) in [6, 6.07) is 15.0. The summed E-state index contributed by atoms with van der Waals surface area (Å²) in [5.41, 5.74) is 1.94. The number of aryl methyl sites for hydroxylation is 2. The van der Waals surface area contributed by atoms with Crippen molar-refractivity contribution in [1.29, 1.82) is 0 Å². The zero-order valence-electron chi connectivity index (χ0n) is 20.6. The molecule has 0 unspecified atom stereocenters. The molecule has 9 nitrogen and oxygen atoms in total. The van der Waals surface area contributed by atoms with Gasteiger partial charge in [0.1, 0.15) is 5.75 Å². The maximum Gasteiger partial charge on any atom is 0.262 e. The first kappa shape index (κ1) is 27.2. The Morgan fingerprint density at radius 2 is 1.61 bits per heavy atom. The van der Waals surface area contributed by atoms with Crippen LogP contribution in [0.25, 0.3) is 0 Å². The Labute approximate surface area is 212 Å². The number of nitrogens with one attached hydrogen (secondary N) is 3. The van der Waals surface area contributed by atoms with Crippen LogP contribution in [0.2, 0.25) is 0 Å². The molecule has 3 aromatic carbocycles. The van der Waals surface area contributed by atoms with Crippen LogP contribution in [-0.4, -0.2) is 35.9 Å². The Bertz CT molecular complexity index is 1500. The largest absolute Gasteiger partial charge is 0.495 e. The number of anilines is 2. The van der Waals surface area contributed by atoms with Crippen LogP contribution < -0.4 is 19.5 Å². The van der Waals surface area contributed by atoms with E-state index < -0.39 is 26.0 Å². The molecule has 0 atom stereocenters. The SMILES string of the molecule is COc1ccc(S(=O)(=O)NC(C)C)cc1NC(=O)c1ccc(C)c(S(=O)(=O)Nc2cccc(C)c2)c1. The maximum absolute atomic E-state index is 13.1. The normalized spacial score (nSPS) is 11.8. The zero-order valence-corrected chi connectivity index (χ0v) is 22.2. The predicted octanol–water partition coefficient (Wildman–Crippen LogP) is 4.05. The molecule has 0 aliphatic carbocycles. The molecule has 0 saturated carbocycles. The molecular weight excluding hydrogens is 502 g/mol. The van der Waals surface area contributed by atoms with Crippen molar-refractivity contribution in [3.63, 3.8) is 0 Å². The quantitative estimate of drug-likeness (QED) is 0.382. The van der Waals surface area contributed by atoms with Gasteiger partial charge in [-0.1, -0.05) is 18.2 Å². The number of carbonyl (C=O) groups is 1. The second kappa shape index (κ2) is 10.7. The minimum absolute atomic E-state index is 0.0539. The first-order valence-electron chi connectivity index (χ1n) is 11.0. The number of hydrogen-bond donors (Lipinski definition) is 3. The number of carbonyl (C=O) groups excluding carboxylic acids is 1. The number of hydrogen-bond acceptors (Lipinski definition) is 6. The first-order valence-corrected chi connectivity index (χ1v) is 14.0. The van der Waals surface area contributed by atoms with E-state index in [1.807, 2.05) is 13.0 Å². The van der Waals surface area contributed by atoms with E-state index in [-0.39, 0.29) is 32.8 Å². The second-order valence-electron chi connectivity index (χ2n) is 8.55. The smallest absolute Gasteiger partial charge is 0.262 e. The highest BCUT2D eigenvalue weighted by molar-refractivity contribution is 7.92. The summed E-state index contributed by atoms with van der Waals surface area (Å²) < 4.78 is 61.6. The third kappa shape index (κ3) is 6.42. The second-order valence-corrected chi connectivity index (χ2v) is 11.9. The Hall–Kier alpha value is -3.41. The van der Waals surface area contributed by atoms with Gasteiger partial charge in [-0.15, -0.1) is 0 Å². The summed E-state index contributed by atoms with van der Waals surface area (Å²) in [4.78, 5) is 13.0. The van der Waals surface area contributed by atoms with Crippen LogP contribution in [0.5, 0.6) is 5.75 Å². The van der Waals surface area contributed by atoms with Crippen molar-refractivity contribution in [2.75, 3.05) is 17.1 Å². The molecule has 3 aromatic rings. The van der Waals surface area contributed by atoms with Crippen molar-refractivity contribution in [3.8, 4) is 5.75 Å². The molecule has 0 fully saturated rings. The van der Waals surface area contributed by atoms with Gasteiger partial charge in [-0.3, -0.25) is 9.52 Å². The molecule has 1 amide bonds. The van der Waals surface area contributed by atoms with Crippen molar-refractivity contribution >= 4 is 37.3 Å². The summed E-state index contributed by atoms with van der Waals surface area (Å²) in [5.74, 6) is -0.389. The average molecular weight is 532 g/mol. The number of methoxy groups -OCH3 is 1. The molecule has 0 spiro atoms. The van der Waals surface area contributed by atoms with Crippen molar-refractivity contribution in [3.05, 3.63) is 77.4 Å². The molecule has 3 N–H and O–H groups in total. The van der Waals surface area contributed by atoms with Gasteiger partial charge >= 0.3 is 0 Å². The third-order valence-electron chi connectivity index (χ3n) is 5.13. The molecule has 0 bridgehead atoms. The van der Waals surface area contributed by atoms with E-state index >= 15 is 0 Å². The summed E-state index contributed by atoms with van der Waals surface area (Å²) in [7, 11) is -6.41. The van der Waals surface area contributed by atoms with E-state index in [1.54, 1.807) is 39.0 Å². The highest BCUT2D eigenvalue weighted by Crippen LogP contribution is 2.29. The van der Waals surface area contributed by atoms with Gasteiger partial charge in [0.15, 0.2) is 0 Å². The molecule has 3 rings (SSSR count). The third-order valence-corrected chi connectivity index (χ3v) is 8.31. The molecular formula is C25H29N3O6S2. The fourth-order valence-corrected chi connectivity index (χ4v) is 6.07. The Morgan fingerprint density at radius 3 is 2.25 bits per heavy atom. The standard InChI is InChI=1S/C25H29N3O6S2/c1-16(2)27-35(30,31)21-11-12-23(34-5)22(15-21)26-25(29)19-10-9-18(4)24(14-19)36(32,33)28-20-8-6-7-17(3)13-20/h6-16,27-28H,1-5H3,(H,26,29). The molecule has 0 heterocycles. The van der Waals surface area contributed by atoms with Gasteiger partial charge in [-0.25, -0.2) is 21.6 Å². The number of sulfonamides is 2. The molecule has 0 aromatic heterocycles. The molecule has 36 heavy (non-hydrogen) atoms. The first-order chi connectivity index (χ1) is 16.8. The number of amides is 1. The average Bonchev–Trinajstić information content (AvgIpc) is 2.78. The zero-order chi connectivity index (χ0) is 26.7. The van der Waals surface area contributed by atoms with E-state index in [0.717, 1.165) is 5.56 Å². The van der Waals surface area contributed by atoms with Gasteiger partial charge in [-0.05, 0) is 81.3 Å². The fraction of sp³-hybridized carbons (Fsp3) is 0.240. The molecule has 11 heteroatoms. The van der Waals surface area contributed by atoms with Crippen LogP contribution in [0, 0.1) is 13.8 Å². The summed E-state index contributed by atoms with van der Waals surface area (Å²) in [6.07, 6.45) is 0. The van der Waals surface area contributed by atoms with Crippen LogP contribution in [-0.2, 0) is 20.0 Å². The van der Waals surface area contributed by atoms with E-state index in [4.69, 9.17) is 4.74 Å². The van der Waals surface area contributed by atoms with Gasteiger partial charge in [0.2, 0.25) is 10.0 Å². The van der Waals surface area contributed by atoms with Crippen molar-refractivity contribution in [2.24, 2.45) is 0 Å². The van der Waals surface area contributed by atoms with Crippen molar-refractivity contribution < 1.29 is 26.4 Å². The number of ether oxygens (including phenoxy) is 1. The highest BCUT2D eigenvalue weighted by atomic mass is 32.2. The Balaban J connectivity index is 1.93. The van der Waals surface area contributed by atoms with Crippen LogP contribution in [0.4, 0.5) is 11.4 Å². The summed E-state index contributed by atoms with van der Waals surface area (Å²) in [6.45, 7) is 6.87. The molecule has 0 saturated heterocycles. The number of benzene rings is 3. The molecule has 0 aliphatic rings. The number of rotatable bonds is 9. The Kier molecular flexibility index (Phi) is 8.07. The van der Waals surface area contributed by atoms with E-state index in [1.165, 1.54) is 43.5 Å². The molecule has 192 valence electrons. The van der Waals surface area contributed by atoms with E-state index in [2.05, 4.69) is 14.8 Å². The van der Waals surface area contributed by atoms with Gasteiger partial charge < -0.3 is 10.1 Å². The molecule has 0 radical (unpaired) electrons. The lowest BCUT2D eigenvalue weighted by Crippen LogP contribution is -2.30. The highest BCUT2D eigenvalue weighted by Gasteiger charge is 2.22. The van der Waals surface area contributed by atoms with Gasteiger partial charge in [0.25, 0.3) is 15.9 Å². The summed E-state index contributed by atoms with van der Waals surface area (Å²) >= 11 is 0. The van der Waals surface area contributed by atoms with Crippen LogP contribution >= 0.6 is 0 Å². The van der Waals surface area contributed by atoms with E-state index in [0.29, 0.717) is 11.3 Å². The van der Waals surface area contributed by atoms with Gasteiger partial charge in [0.05, 0.1) is 22.6 Å². The lowest BCUT2D eigenvalue weighted by molar-refractivity contribution is 0.102. The van der Waals surface area contributed by atoms with Crippen molar-refractivity contribution in [2.45, 2.75) is 43.5 Å². The summed E-state index contributed by atoms with van der Waals surface area (Å²) in [5, 5.41) is 2.63. The van der Waals surface area contributed by atoms with Crippen LogP contribution in [0.3, 0.4) is 0 Å². The van der Waals surface area contributed by atoms with Gasteiger partial charge in [-0.2, -0.15) is 0 Å². The van der Waals surface area contributed by atoms with Crippen LogP contribution in [0.1, 0.15) is 35.3 Å². The van der Waals surface area contributed by atoms with Crippen LogP contribution in [0.15, 0.2) is 70.5 Å². The fourth-order valence-electron chi connectivity index (χ4n) is 3.47. The Morgan fingerprint density at radius 1 is 0.889 bits per heavy atom. The monoisotopic (exact) mass is 531 g/mol. The van der Waals surface area contributed by atoms with Gasteiger partial charge in [0, 0.05) is 17.3 Å². The van der Waals surface area contributed by atoms with E-state index in [9.17, 15) is 21.6 Å². The topological polar surface area (TPSA) is 131 Å². The minimum atomic E-state index is -3.98.